The van der Waals surface area contributed by atoms with Crippen molar-refractivity contribution in [1.29, 1.82) is 0 Å². The highest BCUT2D eigenvalue weighted by atomic mass is 79.9. The highest BCUT2D eigenvalue weighted by Crippen LogP contribution is 2.24. The van der Waals surface area contributed by atoms with Gasteiger partial charge in [-0.2, -0.15) is 0 Å². The second-order valence-corrected chi connectivity index (χ2v) is 4.97. The Bertz CT molecular complexity index is 248. The molecule has 0 fully saturated rings. The fourth-order valence-corrected chi connectivity index (χ4v) is 1.63. The molecule has 0 aliphatic carbocycles. The average molecular weight is 241 g/mol. The molecule has 1 aromatic carbocycles. The van der Waals surface area contributed by atoms with Crippen LogP contribution in [0.3, 0.4) is 0 Å². The monoisotopic (exact) mass is 240 g/mol. The fourth-order valence-electron chi connectivity index (χ4n) is 1.33. The van der Waals surface area contributed by atoms with Gasteiger partial charge in [0.15, 0.2) is 0 Å². The average Bonchev–Trinajstić information content (AvgIpc) is 2.17. The number of rotatable bonds is 3. The maximum Gasteiger partial charge on any atom is 0.0367 e. The zero-order valence-corrected chi connectivity index (χ0v) is 10.1. The molecule has 1 aromatic rings. The van der Waals surface area contributed by atoms with E-state index in [2.05, 4.69) is 61.0 Å². The lowest BCUT2D eigenvalue weighted by Gasteiger charge is -2.10. The van der Waals surface area contributed by atoms with Crippen molar-refractivity contribution in [2.45, 2.75) is 37.9 Å². The van der Waals surface area contributed by atoms with E-state index in [0.717, 1.165) is 0 Å². The van der Waals surface area contributed by atoms with Crippen molar-refractivity contribution in [3.8, 4) is 0 Å². The SMILES string of the molecule is CCC(C)c1ccc(C(C)Br)cc1. The van der Waals surface area contributed by atoms with Crippen LogP contribution >= 0.6 is 15.9 Å². The van der Waals surface area contributed by atoms with Crippen LogP contribution in [0.5, 0.6) is 0 Å². The molecule has 0 radical (unpaired) electrons. The van der Waals surface area contributed by atoms with Crippen LogP contribution in [0, 0.1) is 0 Å². The summed E-state index contributed by atoms with van der Waals surface area (Å²) < 4.78 is 0. The van der Waals surface area contributed by atoms with Crippen molar-refractivity contribution < 1.29 is 0 Å². The maximum absolute atomic E-state index is 3.56. The molecule has 1 heteroatoms. The first-order chi connectivity index (χ1) is 6.15. The first-order valence-electron chi connectivity index (χ1n) is 4.89. The van der Waals surface area contributed by atoms with Crippen LogP contribution in [0.2, 0.25) is 0 Å². The molecule has 72 valence electrons. The zero-order chi connectivity index (χ0) is 9.84. The third-order valence-electron chi connectivity index (χ3n) is 2.58. The van der Waals surface area contributed by atoms with Crippen molar-refractivity contribution >= 4 is 15.9 Å². The van der Waals surface area contributed by atoms with Crippen molar-refractivity contribution in [3.05, 3.63) is 35.4 Å². The normalized spacial score (nSPS) is 15.4. The van der Waals surface area contributed by atoms with Gasteiger partial charge in [0, 0.05) is 4.83 Å². The summed E-state index contributed by atoms with van der Waals surface area (Å²) >= 11 is 3.56. The summed E-state index contributed by atoms with van der Waals surface area (Å²) in [6.45, 7) is 6.65. The van der Waals surface area contributed by atoms with Gasteiger partial charge in [-0.25, -0.2) is 0 Å². The minimum Gasteiger partial charge on any atom is -0.0842 e. The van der Waals surface area contributed by atoms with Crippen LogP contribution < -0.4 is 0 Å². The van der Waals surface area contributed by atoms with E-state index >= 15 is 0 Å². The van der Waals surface area contributed by atoms with E-state index in [1.165, 1.54) is 17.5 Å². The Hall–Kier alpha value is -0.300. The third-order valence-corrected chi connectivity index (χ3v) is 3.11. The lowest BCUT2D eigenvalue weighted by atomic mass is 9.97. The molecule has 0 heterocycles. The van der Waals surface area contributed by atoms with Gasteiger partial charge in [-0.15, -0.1) is 0 Å². The Morgan fingerprint density at radius 1 is 1.08 bits per heavy atom. The summed E-state index contributed by atoms with van der Waals surface area (Å²) in [5, 5.41) is 0. The predicted molar refractivity (Wildman–Crippen MR) is 62.5 cm³/mol. The molecular weight excluding hydrogens is 224 g/mol. The van der Waals surface area contributed by atoms with Crippen LogP contribution in [0.1, 0.15) is 49.1 Å². The Kier molecular flexibility index (Phi) is 3.98. The largest absolute Gasteiger partial charge is 0.0842 e. The van der Waals surface area contributed by atoms with Crippen LogP contribution in [0.25, 0.3) is 0 Å². The van der Waals surface area contributed by atoms with Gasteiger partial charge in [0.25, 0.3) is 0 Å². The fraction of sp³-hybridized carbons (Fsp3) is 0.500. The molecule has 2 unspecified atom stereocenters. The number of alkyl halides is 1. The number of benzene rings is 1. The van der Waals surface area contributed by atoms with Gasteiger partial charge < -0.3 is 0 Å². The van der Waals surface area contributed by atoms with Gasteiger partial charge >= 0.3 is 0 Å². The molecule has 0 bridgehead atoms. The van der Waals surface area contributed by atoms with Crippen molar-refractivity contribution in [2.75, 3.05) is 0 Å². The molecule has 0 saturated carbocycles. The van der Waals surface area contributed by atoms with Crippen molar-refractivity contribution in [2.24, 2.45) is 0 Å². The molecule has 0 nitrogen and oxygen atoms in total. The molecule has 0 saturated heterocycles. The van der Waals surface area contributed by atoms with Gasteiger partial charge in [-0.05, 0) is 30.4 Å². The lowest BCUT2D eigenvalue weighted by Crippen LogP contribution is -1.92. The summed E-state index contributed by atoms with van der Waals surface area (Å²) in [6.07, 6.45) is 1.21. The molecule has 0 spiro atoms. The van der Waals surface area contributed by atoms with Crippen LogP contribution in [0.4, 0.5) is 0 Å². The zero-order valence-electron chi connectivity index (χ0n) is 8.55. The summed E-state index contributed by atoms with van der Waals surface area (Å²) in [6, 6.07) is 8.89. The highest BCUT2D eigenvalue weighted by molar-refractivity contribution is 9.09. The van der Waals surface area contributed by atoms with E-state index in [4.69, 9.17) is 0 Å². The Balaban J connectivity index is 2.81. The van der Waals surface area contributed by atoms with E-state index in [-0.39, 0.29) is 0 Å². The summed E-state index contributed by atoms with van der Waals surface area (Å²) in [4.78, 5) is 0.457. The summed E-state index contributed by atoms with van der Waals surface area (Å²) in [5.74, 6) is 0.680. The molecule has 13 heavy (non-hydrogen) atoms. The number of hydrogen-bond donors (Lipinski definition) is 0. The van der Waals surface area contributed by atoms with Gasteiger partial charge in [-0.1, -0.05) is 54.0 Å². The van der Waals surface area contributed by atoms with Gasteiger partial charge in [0.05, 0.1) is 0 Å². The minimum absolute atomic E-state index is 0.457. The van der Waals surface area contributed by atoms with E-state index in [1.807, 2.05) is 0 Å². The topological polar surface area (TPSA) is 0 Å². The molecule has 0 amide bonds. The van der Waals surface area contributed by atoms with Gasteiger partial charge in [0.1, 0.15) is 0 Å². The molecule has 0 N–H and O–H groups in total. The second-order valence-electron chi connectivity index (χ2n) is 3.59. The van der Waals surface area contributed by atoms with Crippen LogP contribution in [-0.2, 0) is 0 Å². The second kappa shape index (κ2) is 4.80. The molecular formula is C12H17Br. The lowest BCUT2D eigenvalue weighted by molar-refractivity contribution is 0.733. The predicted octanol–water partition coefficient (Wildman–Crippen LogP) is 4.66. The van der Waals surface area contributed by atoms with E-state index in [9.17, 15) is 0 Å². The first kappa shape index (κ1) is 10.8. The number of halogens is 1. The summed E-state index contributed by atoms with van der Waals surface area (Å²) in [7, 11) is 0. The van der Waals surface area contributed by atoms with Gasteiger partial charge in [-0.3, -0.25) is 0 Å². The molecule has 1 rings (SSSR count). The molecule has 0 aliphatic heterocycles. The standard InChI is InChI=1S/C12H17Br/c1-4-9(2)11-5-7-12(8-6-11)10(3)13/h5-10H,4H2,1-3H3. The third kappa shape index (κ3) is 2.84. The Morgan fingerprint density at radius 2 is 1.54 bits per heavy atom. The molecule has 0 aromatic heterocycles. The van der Waals surface area contributed by atoms with E-state index in [0.29, 0.717) is 10.7 Å². The van der Waals surface area contributed by atoms with Crippen molar-refractivity contribution in [1.82, 2.24) is 0 Å². The van der Waals surface area contributed by atoms with E-state index < -0.39 is 0 Å². The highest BCUT2D eigenvalue weighted by Gasteiger charge is 2.04. The van der Waals surface area contributed by atoms with Crippen LogP contribution in [-0.4, -0.2) is 0 Å². The summed E-state index contributed by atoms with van der Waals surface area (Å²) in [5.41, 5.74) is 2.80. The minimum atomic E-state index is 0.457. The quantitative estimate of drug-likeness (QED) is 0.675. The molecule has 0 aliphatic rings. The number of hydrogen-bond acceptors (Lipinski definition) is 0. The van der Waals surface area contributed by atoms with Gasteiger partial charge in [0.2, 0.25) is 0 Å². The maximum atomic E-state index is 3.56. The van der Waals surface area contributed by atoms with Crippen LogP contribution in [0.15, 0.2) is 24.3 Å². The Labute approximate surface area is 89.5 Å². The van der Waals surface area contributed by atoms with E-state index in [1.54, 1.807) is 0 Å². The Morgan fingerprint density at radius 3 is 1.92 bits per heavy atom. The van der Waals surface area contributed by atoms with Crippen molar-refractivity contribution in [3.63, 3.8) is 0 Å². The molecule has 2 atom stereocenters. The first-order valence-corrected chi connectivity index (χ1v) is 5.80. The smallest absolute Gasteiger partial charge is 0.0367 e.